The zero-order valence-electron chi connectivity index (χ0n) is 13.5. The molecular weight excluding hydrogens is 338 g/mol. The number of aliphatic hydroxyl groups excluding tert-OH is 1. The monoisotopic (exact) mass is 359 g/mol. The van der Waals surface area contributed by atoms with E-state index in [0.29, 0.717) is 19.0 Å². The Kier molecular flexibility index (Phi) is 6.16. The minimum absolute atomic E-state index is 0.0180. The number of hydrogen-bond donors (Lipinski definition) is 1. The lowest BCUT2D eigenvalue weighted by Crippen LogP contribution is -2.41. The molecular formula is C15H21NO7S. The van der Waals surface area contributed by atoms with Crippen LogP contribution < -0.4 is 4.74 Å². The Morgan fingerprint density at radius 3 is 2.50 bits per heavy atom. The Bertz CT molecular complexity index is 659. The van der Waals surface area contributed by atoms with Crippen LogP contribution in [0.15, 0.2) is 29.2 Å². The van der Waals surface area contributed by atoms with Crippen LogP contribution in [0.5, 0.6) is 5.75 Å². The molecule has 0 aromatic heterocycles. The second-order valence-corrected chi connectivity index (χ2v) is 7.21. The molecule has 1 aromatic rings. The minimum Gasteiger partial charge on any atom is -0.491 e. The predicted octanol–water partition coefficient (Wildman–Crippen LogP) is 0.00870. The summed E-state index contributed by atoms with van der Waals surface area (Å²) in [5, 5.41) is 9.74. The Morgan fingerprint density at radius 2 is 1.92 bits per heavy atom. The van der Waals surface area contributed by atoms with Gasteiger partial charge in [0.25, 0.3) is 0 Å². The van der Waals surface area contributed by atoms with Gasteiger partial charge in [-0.2, -0.15) is 4.31 Å². The van der Waals surface area contributed by atoms with Gasteiger partial charge in [-0.25, -0.2) is 8.42 Å². The molecule has 0 radical (unpaired) electrons. The summed E-state index contributed by atoms with van der Waals surface area (Å²) in [5.41, 5.74) is 0. The van der Waals surface area contributed by atoms with Gasteiger partial charge >= 0.3 is 5.97 Å². The maximum absolute atomic E-state index is 12.7. The smallest absolute Gasteiger partial charge is 0.324 e. The summed E-state index contributed by atoms with van der Waals surface area (Å²) in [6.07, 6.45) is -0.884. The normalized spacial score (nSPS) is 21.6. The van der Waals surface area contributed by atoms with Gasteiger partial charge in [0.2, 0.25) is 10.0 Å². The molecule has 0 aliphatic carbocycles. The van der Waals surface area contributed by atoms with E-state index in [2.05, 4.69) is 4.74 Å². The highest BCUT2D eigenvalue weighted by atomic mass is 32.2. The molecule has 9 heteroatoms. The molecule has 1 saturated heterocycles. The standard InChI is InChI=1S/C15H21NO7S/c1-21-7-8-23-12-3-5-13(6-4-12)24(19,20)16-10-11(17)9-14(16)15(18)22-2/h3-6,11,14,17H,7-10H2,1-2H3/t11-,14-/m1/s1. The first-order valence-corrected chi connectivity index (χ1v) is 8.83. The van der Waals surface area contributed by atoms with E-state index in [9.17, 15) is 18.3 Å². The number of carbonyl (C=O) groups excluding carboxylic acids is 1. The fraction of sp³-hybridized carbons (Fsp3) is 0.533. The van der Waals surface area contributed by atoms with Gasteiger partial charge in [0.05, 0.1) is 24.7 Å². The zero-order chi connectivity index (χ0) is 17.7. The van der Waals surface area contributed by atoms with Crippen molar-refractivity contribution >= 4 is 16.0 Å². The lowest BCUT2D eigenvalue weighted by atomic mass is 10.2. The first-order valence-electron chi connectivity index (χ1n) is 7.39. The van der Waals surface area contributed by atoms with Crippen LogP contribution in [0.3, 0.4) is 0 Å². The van der Waals surface area contributed by atoms with E-state index < -0.39 is 28.1 Å². The molecule has 1 aromatic carbocycles. The van der Waals surface area contributed by atoms with Gasteiger partial charge in [-0.15, -0.1) is 0 Å². The van der Waals surface area contributed by atoms with E-state index in [0.717, 1.165) is 4.31 Å². The lowest BCUT2D eigenvalue weighted by Gasteiger charge is -2.21. The number of sulfonamides is 1. The zero-order valence-corrected chi connectivity index (χ0v) is 14.4. The SMILES string of the molecule is COCCOc1ccc(S(=O)(=O)N2C[C@H](O)C[C@@H]2C(=O)OC)cc1. The quantitative estimate of drug-likeness (QED) is 0.540. The number of hydrogen-bond acceptors (Lipinski definition) is 7. The largest absolute Gasteiger partial charge is 0.491 e. The number of nitrogens with zero attached hydrogens (tertiary/aromatic N) is 1. The van der Waals surface area contributed by atoms with Crippen LogP contribution in [0.2, 0.25) is 0 Å². The molecule has 2 atom stereocenters. The third-order valence-corrected chi connectivity index (χ3v) is 5.58. The van der Waals surface area contributed by atoms with E-state index in [1.165, 1.54) is 31.4 Å². The first kappa shape index (κ1) is 18.7. The van der Waals surface area contributed by atoms with Gasteiger partial charge in [-0.1, -0.05) is 0 Å². The van der Waals surface area contributed by atoms with Crippen molar-refractivity contribution in [2.24, 2.45) is 0 Å². The van der Waals surface area contributed by atoms with Crippen LogP contribution in [-0.2, 0) is 24.3 Å². The van der Waals surface area contributed by atoms with E-state index in [1.807, 2.05) is 0 Å². The third-order valence-electron chi connectivity index (χ3n) is 3.69. The second-order valence-electron chi connectivity index (χ2n) is 5.32. The van der Waals surface area contributed by atoms with Crippen molar-refractivity contribution in [1.82, 2.24) is 4.31 Å². The molecule has 8 nitrogen and oxygen atoms in total. The Balaban J connectivity index is 2.18. The minimum atomic E-state index is -3.93. The number of carbonyl (C=O) groups is 1. The van der Waals surface area contributed by atoms with Crippen molar-refractivity contribution in [1.29, 1.82) is 0 Å². The summed E-state index contributed by atoms with van der Waals surface area (Å²) < 4.78 is 41.3. The molecule has 0 bridgehead atoms. The average molecular weight is 359 g/mol. The summed E-state index contributed by atoms with van der Waals surface area (Å²) in [6, 6.07) is 4.84. The van der Waals surface area contributed by atoms with Crippen LogP contribution in [0.25, 0.3) is 0 Å². The fourth-order valence-electron chi connectivity index (χ4n) is 2.49. The summed E-state index contributed by atoms with van der Waals surface area (Å²) in [6.45, 7) is 0.631. The highest BCUT2D eigenvalue weighted by molar-refractivity contribution is 7.89. The number of methoxy groups -OCH3 is 2. The molecule has 2 rings (SSSR count). The number of aliphatic hydroxyl groups is 1. The second kappa shape index (κ2) is 7.93. The van der Waals surface area contributed by atoms with Gasteiger partial charge < -0.3 is 19.3 Å². The predicted molar refractivity (Wildman–Crippen MR) is 84.1 cm³/mol. The molecule has 1 heterocycles. The maximum Gasteiger partial charge on any atom is 0.324 e. The van der Waals surface area contributed by atoms with Crippen LogP contribution in [0, 0.1) is 0 Å². The van der Waals surface area contributed by atoms with Crippen molar-refractivity contribution in [2.45, 2.75) is 23.5 Å². The number of benzene rings is 1. The number of ether oxygens (including phenoxy) is 3. The molecule has 0 saturated carbocycles. The summed E-state index contributed by atoms with van der Waals surface area (Å²) in [5.74, 6) is -0.174. The Labute approximate surface area is 141 Å². The van der Waals surface area contributed by atoms with Gasteiger partial charge in [-0.05, 0) is 24.3 Å². The van der Waals surface area contributed by atoms with Crippen LogP contribution >= 0.6 is 0 Å². The molecule has 1 aliphatic rings. The van der Waals surface area contributed by atoms with Crippen molar-refractivity contribution in [3.8, 4) is 5.75 Å². The van der Waals surface area contributed by atoms with Crippen molar-refractivity contribution < 1.29 is 32.5 Å². The fourth-order valence-corrected chi connectivity index (χ4v) is 4.11. The molecule has 0 spiro atoms. The summed E-state index contributed by atoms with van der Waals surface area (Å²) >= 11 is 0. The molecule has 0 unspecified atom stereocenters. The molecule has 1 fully saturated rings. The van der Waals surface area contributed by atoms with E-state index in [-0.39, 0.29) is 17.9 Å². The van der Waals surface area contributed by atoms with Crippen LogP contribution in [0.1, 0.15) is 6.42 Å². The van der Waals surface area contributed by atoms with Gasteiger partial charge in [-0.3, -0.25) is 4.79 Å². The Morgan fingerprint density at radius 1 is 1.25 bits per heavy atom. The molecule has 1 N–H and O–H groups in total. The van der Waals surface area contributed by atoms with Crippen LogP contribution in [-0.4, -0.2) is 69.9 Å². The van der Waals surface area contributed by atoms with Gasteiger partial charge in [0.1, 0.15) is 18.4 Å². The number of β-amino-alcohol motifs (C(OH)–C–C–N with tert-alkyl or cyclic N) is 1. The molecule has 1 aliphatic heterocycles. The average Bonchev–Trinajstić information content (AvgIpc) is 2.97. The van der Waals surface area contributed by atoms with Crippen molar-refractivity contribution in [2.75, 3.05) is 34.0 Å². The maximum atomic E-state index is 12.7. The summed E-state index contributed by atoms with van der Waals surface area (Å²) in [7, 11) is -1.18. The van der Waals surface area contributed by atoms with Crippen molar-refractivity contribution in [3.63, 3.8) is 0 Å². The summed E-state index contributed by atoms with van der Waals surface area (Å²) in [4.78, 5) is 11.8. The van der Waals surface area contributed by atoms with E-state index in [1.54, 1.807) is 7.11 Å². The van der Waals surface area contributed by atoms with E-state index >= 15 is 0 Å². The van der Waals surface area contributed by atoms with Gasteiger partial charge in [0, 0.05) is 20.1 Å². The molecule has 24 heavy (non-hydrogen) atoms. The van der Waals surface area contributed by atoms with Crippen molar-refractivity contribution in [3.05, 3.63) is 24.3 Å². The number of esters is 1. The van der Waals surface area contributed by atoms with E-state index in [4.69, 9.17) is 9.47 Å². The topological polar surface area (TPSA) is 102 Å². The number of rotatable bonds is 7. The molecule has 0 amide bonds. The van der Waals surface area contributed by atoms with Crippen LogP contribution in [0.4, 0.5) is 0 Å². The highest BCUT2D eigenvalue weighted by Crippen LogP contribution is 2.28. The first-order chi connectivity index (χ1) is 11.4. The highest BCUT2D eigenvalue weighted by Gasteiger charge is 2.44. The Hall–Kier alpha value is -1.68. The van der Waals surface area contributed by atoms with Gasteiger partial charge in [0.15, 0.2) is 0 Å². The third kappa shape index (κ3) is 4.04. The lowest BCUT2D eigenvalue weighted by molar-refractivity contribution is -0.144. The molecule has 134 valence electrons.